The molecule has 1 heterocycles. The summed E-state index contributed by atoms with van der Waals surface area (Å²) in [6.45, 7) is 0. The lowest BCUT2D eigenvalue weighted by Gasteiger charge is -2.13. The Morgan fingerprint density at radius 2 is 1.89 bits per heavy atom. The summed E-state index contributed by atoms with van der Waals surface area (Å²) in [5, 5.41) is 28.6. The highest BCUT2D eigenvalue weighted by Gasteiger charge is 2.28. The van der Waals surface area contributed by atoms with Crippen molar-refractivity contribution in [3.05, 3.63) is 28.3 Å². The van der Waals surface area contributed by atoms with Gasteiger partial charge in [-0.2, -0.15) is 0 Å². The van der Waals surface area contributed by atoms with Crippen LogP contribution >= 0.6 is 0 Å². The first-order valence-corrected chi connectivity index (χ1v) is 5.49. The molecule has 0 saturated heterocycles. The molecule has 3 rings (SSSR count). The Balaban J connectivity index is 2.53. The van der Waals surface area contributed by atoms with Crippen LogP contribution in [0.4, 0.5) is 4.39 Å². The van der Waals surface area contributed by atoms with E-state index in [0.29, 0.717) is 0 Å². The molecule has 1 saturated carbocycles. The number of aromatic nitrogens is 1. The van der Waals surface area contributed by atoms with Gasteiger partial charge in [0.25, 0.3) is 0 Å². The number of nitrogens with zero attached hydrogens (tertiary/aromatic N) is 1. The summed E-state index contributed by atoms with van der Waals surface area (Å²) in [6, 6.07) is 0.875. The van der Waals surface area contributed by atoms with Gasteiger partial charge in [0.15, 0.2) is 23.1 Å². The summed E-state index contributed by atoms with van der Waals surface area (Å²) >= 11 is 0. The quantitative estimate of drug-likeness (QED) is 0.672. The normalized spacial score (nSPS) is 15.2. The molecule has 1 aromatic heterocycles. The number of rotatable bonds is 1. The monoisotopic (exact) mass is 251 g/mol. The average molecular weight is 251 g/mol. The Morgan fingerprint density at radius 1 is 1.22 bits per heavy atom. The maximum Gasteiger partial charge on any atom is 0.231 e. The Labute approximate surface area is 100 Å². The molecule has 1 aliphatic rings. The molecule has 6 heteroatoms. The summed E-state index contributed by atoms with van der Waals surface area (Å²) in [5.74, 6) is -3.15. The summed E-state index contributed by atoms with van der Waals surface area (Å²) in [5.41, 5.74) is -0.713. The number of hydrogen-bond donors (Lipinski definition) is 3. The fourth-order valence-electron chi connectivity index (χ4n) is 2.08. The SMILES string of the molecule is O=c1c(O)cn(C2CC2)c2c(O)c(O)c(F)cc12. The highest BCUT2D eigenvalue weighted by molar-refractivity contribution is 5.88. The zero-order valence-electron chi connectivity index (χ0n) is 9.22. The van der Waals surface area contributed by atoms with Crippen LogP contribution in [0.5, 0.6) is 17.2 Å². The van der Waals surface area contributed by atoms with Crippen LogP contribution in [-0.4, -0.2) is 19.9 Å². The first-order chi connectivity index (χ1) is 8.50. The van der Waals surface area contributed by atoms with Gasteiger partial charge < -0.3 is 19.9 Å². The molecule has 0 amide bonds. The fourth-order valence-corrected chi connectivity index (χ4v) is 2.08. The van der Waals surface area contributed by atoms with E-state index >= 15 is 0 Å². The summed E-state index contributed by atoms with van der Waals surface area (Å²) in [7, 11) is 0. The minimum absolute atomic E-state index is 0.0507. The van der Waals surface area contributed by atoms with Crippen molar-refractivity contribution in [1.82, 2.24) is 4.57 Å². The number of phenolic OH excluding ortho intramolecular Hbond substituents is 2. The van der Waals surface area contributed by atoms with Crippen LogP contribution in [0.25, 0.3) is 10.9 Å². The first-order valence-electron chi connectivity index (χ1n) is 5.49. The summed E-state index contributed by atoms with van der Waals surface area (Å²) in [4.78, 5) is 11.7. The lowest BCUT2D eigenvalue weighted by molar-refractivity contribution is 0.381. The van der Waals surface area contributed by atoms with Gasteiger partial charge in [-0.3, -0.25) is 4.79 Å². The van der Waals surface area contributed by atoms with Crippen LogP contribution < -0.4 is 5.43 Å². The van der Waals surface area contributed by atoms with E-state index in [4.69, 9.17) is 0 Å². The highest BCUT2D eigenvalue weighted by Crippen LogP contribution is 2.42. The van der Waals surface area contributed by atoms with E-state index in [0.717, 1.165) is 18.9 Å². The van der Waals surface area contributed by atoms with Gasteiger partial charge in [0.1, 0.15) is 0 Å². The maximum absolute atomic E-state index is 13.3. The molecule has 1 aromatic carbocycles. The van der Waals surface area contributed by atoms with Crippen molar-refractivity contribution in [1.29, 1.82) is 0 Å². The smallest absolute Gasteiger partial charge is 0.231 e. The number of aromatic hydroxyl groups is 3. The molecule has 0 aliphatic heterocycles. The highest BCUT2D eigenvalue weighted by atomic mass is 19.1. The predicted octanol–water partition coefficient (Wildman–Crippen LogP) is 1.59. The van der Waals surface area contributed by atoms with Gasteiger partial charge in [0.05, 0.1) is 17.1 Å². The zero-order valence-corrected chi connectivity index (χ0v) is 9.22. The third-order valence-electron chi connectivity index (χ3n) is 3.14. The molecule has 94 valence electrons. The van der Waals surface area contributed by atoms with Crippen molar-refractivity contribution in [3.63, 3.8) is 0 Å². The molecule has 0 unspecified atom stereocenters. The minimum Gasteiger partial charge on any atom is -0.503 e. The van der Waals surface area contributed by atoms with E-state index in [1.54, 1.807) is 0 Å². The Morgan fingerprint density at radius 3 is 2.50 bits per heavy atom. The number of halogens is 1. The molecule has 0 spiro atoms. The molecular weight excluding hydrogens is 241 g/mol. The number of phenols is 2. The second-order valence-electron chi connectivity index (χ2n) is 4.43. The third kappa shape index (κ3) is 1.35. The van der Waals surface area contributed by atoms with E-state index < -0.39 is 28.5 Å². The predicted molar refractivity (Wildman–Crippen MR) is 61.4 cm³/mol. The van der Waals surface area contributed by atoms with Crippen LogP contribution in [0.15, 0.2) is 17.1 Å². The summed E-state index contributed by atoms with van der Waals surface area (Å²) < 4.78 is 14.8. The van der Waals surface area contributed by atoms with Gasteiger partial charge in [-0.25, -0.2) is 4.39 Å². The van der Waals surface area contributed by atoms with Gasteiger partial charge >= 0.3 is 0 Å². The van der Waals surface area contributed by atoms with Crippen molar-refractivity contribution in [3.8, 4) is 17.2 Å². The van der Waals surface area contributed by atoms with Gasteiger partial charge in [-0.15, -0.1) is 0 Å². The Hall–Kier alpha value is -2.24. The Bertz CT molecular complexity index is 718. The standard InChI is InChI=1S/C12H10FNO4/c13-7-3-6-9(12(18)11(7)17)14(5-1-2-5)4-8(15)10(6)16/h3-5,15,17-18H,1-2H2. The lowest BCUT2D eigenvalue weighted by Crippen LogP contribution is -2.09. The lowest BCUT2D eigenvalue weighted by atomic mass is 10.1. The number of pyridine rings is 1. The van der Waals surface area contributed by atoms with Crippen LogP contribution in [-0.2, 0) is 0 Å². The topological polar surface area (TPSA) is 82.7 Å². The van der Waals surface area contributed by atoms with Crippen LogP contribution in [0.3, 0.4) is 0 Å². The minimum atomic E-state index is -1.09. The molecule has 1 fully saturated rings. The van der Waals surface area contributed by atoms with E-state index in [1.807, 2.05) is 0 Å². The molecule has 5 nitrogen and oxygen atoms in total. The van der Waals surface area contributed by atoms with Crippen LogP contribution in [0.2, 0.25) is 0 Å². The number of fused-ring (bicyclic) bond motifs is 1. The molecule has 0 bridgehead atoms. The van der Waals surface area contributed by atoms with Crippen LogP contribution in [0, 0.1) is 5.82 Å². The maximum atomic E-state index is 13.3. The second kappa shape index (κ2) is 3.38. The molecule has 3 N–H and O–H groups in total. The second-order valence-corrected chi connectivity index (χ2v) is 4.43. The average Bonchev–Trinajstić information content (AvgIpc) is 3.15. The van der Waals surface area contributed by atoms with Crippen molar-refractivity contribution in [2.75, 3.05) is 0 Å². The van der Waals surface area contributed by atoms with E-state index in [-0.39, 0.29) is 16.9 Å². The van der Waals surface area contributed by atoms with Crippen molar-refractivity contribution < 1.29 is 19.7 Å². The molecule has 1 aliphatic carbocycles. The van der Waals surface area contributed by atoms with Crippen LogP contribution in [0.1, 0.15) is 18.9 Å². The molecule has 2 aromatic rings. The fraction of sp³-hybridized carbons (Fsp3) is 0.250. The van der Waals surface area contributed by atoms with Crippen molar-refractivity contribution in [2.45, 2.75) is 18.9 Å². The van der Waals surface area contributed by atoms with Gasteiger partial charge in [0.2, 0.25) is 5.43 Å². The summed E-state index contributed by atoms with van der Waals surface area (Å²) in [6.07, 6.45) is 2.89. The van der Waals surface area contributed by atoms with Gasteiger partial charge in [-0.05, 0) is 18.9 Å². The number of hydrogen-bond acceptors (Lipinski definition) is 4. The molecule has 0 radical (unpaired) electrons. The van der Waals surface area contributed by atoms with E-state index in [1.165, 1.54) is 10.8 Å². The third-order valence-corrected chi connectivity index (χ3v) is 3.14. The van der Waals surface area contributed by atoms with Crippen molar-refractivity contribution in [2.24, 2.45) is 0 Å². The molecular formula is C12H10FNO4. The Kier molecular flexibility index (Phi) is 2.04. The largest absolute Gasteiger partial charge is 0.503 e. The number of benzene rings is 1. The van der Waals surface area contributed by atoms with E-state index in [2.05, 4.69) is 0 Å². The zero-order chi connectivity index (χ0) is 13.0. The van der Waals surface area contributed by atoms with Gasteiger partial charge in [-0.1, -0.05) is 0 Å². The first kappa shape index (κ1) is 10.9. The van der Waals surface area contributed by atoms with Crippen molar-refractivity contribution >= 4 is 10.9 Å². The molecule has 18 heavy (non-hydrogen) atoms. The van der Waals surface area contributed by atoms with E-state index in [9.17, 15) is 24.5 Å². The molecule has 0 atom stereocenters. The van der Waals surface area contributed by atoms with Gasteiger partial charge in [0, 0.05) is 6.04 Å².